The van der Waals surface area contributed by atoms with E-state index in [1.807, 2.05) is 0 Å². The molecule has 2 bridgehead atoms. The number of aromatic amines is 1. The largest absolute Gasteiger partial charge is 0.303 e. The molecule has 2 aromatic rings. The monoisotopic (exact) mass is 337 g/mol. The van der Waals surface area contributed by atoms with Gasteiger partial charge in [-0.15, -0.1) is 0 Å². The fraction of sp³-hybridized carbons (Fsp3) is 0.619. The van der Waals surface area contributed by atoms with Crippen molar-refractivity contribution < 1.29 is 4.79 Å². The maximum atomic E-state index is 12.9. The lowest BCUT2D eigenvalue weighted by Gasteiger charge is -2.44. The van der Waals surface area contributed by atoms with Gasteiger partial charge in [-0.25, -0.2) is 0 Å². The summed E-state index contributed by atoms with van der Waals surface area (Å²) in [7, 11) is 0. The van der Waals surface area contributed by atoms with Crippen molar-refractivity contribution in [2.75, 3.05) is 19.6 Å². The van der Waals surface area contributed by atoms with Gasteiger partial charge in [0.05, 0.1) is 5.52 Å². The zero-order valence-electron chi connectivity index (χ0n) is 14.8. The second-order valence-electron chi connectivity index (χ2n) is 8.38. The van der Waals surface area contributed by atoms with Crippen LogP contribution in [0.3, 0.4) is 0 Å². The molecule has 4 aliphatic rings. The van der Waals surface area contributed by atoms with Gasteiger partial charge in [-0.1, -0.05) is 25.0 Å². The quantitative estimate of drug-likeness (QED) is 0.853. The molecule has 25 heavy (non-hydrogen) atoms. The summed E-state index contributed by atoms with van der Waals surface area (Å²) in [6, 6.07) is 6.57. The Morgan fingerprint density at radius 2 is 1.96 bits per heavy atom. The van der Waals surface area contributed by atoms with E-state index >= 15 is 0 Å². The van der Waals surface area contributed by atoms with Crippen molar-refractivity contribution >= 4 is 16.7 Å². The Labute approximate surface area is 149 Å². The van der Waals surface area contributed by atoms with Crippen LogP contribution in [0, 0.1) is 11.8 Å². The molecule has 0 radical (unpaired) electrons. The lowest BCUT2D eigenvalue weighted by Crippen LogP contribution is -2.47. The summed E-state index contributed by atoms with van der Waals surface area (Å²) in [5, 5.41) is 8.53. The molecule has 3 saturated heterocycles. The normalized spacial score (nSPS) is 29.5. The molecule has 1 N–H and O–H groups in total. The molecule has 1 aliphatic carbocycles. The van der Waals surface area contributed by atoms with E-state index in [9.17, 15) is 4.79 Å². The Bertz CT molecular complexity index is 782. The smallest absolute Gasteiger partial charge is 0.184 e. The number of nitrogens with one attached hydrogen (secondary N) is 1. The second-order valence-corrected chi connectivity index (χ2v) is 8.38. The Morgan fingerprint density at radius 3 is 2.68 bits per heavy atom. The van der Waals surface area contributed by atoms with Crippen molar-refractivity contribution in [3.8, 4) is 0 Å². The van der Waals surface area contributed by atoms with Crippen LogP contribution in [0.15, 0.2) is 18.2 Å². The molecule has 0 amide bonds. The first kappa shape index (κ1) is 15.6. The summed E-state index contributed by atoms with van der Waals surface area (Å²) < 4.78 is 0. The van der Waals surface area contributed by atoms with Crippen LogP contribution in [0.2, 0.25) is 0 Å². The van der Waals surface area contributed by atoms with Gasteiger partial charge in [-0.05, 0) is 68.2 Å². The number of benzene rings is 1. The van der Waals surface area contributed by atoms with Gasteiger partial charge in [-0.3, -0.25) is 9.89 Å². The van der Waals surface area contributed by atoms with Gasteiger partial charge in [0.2, 0.25) is 0 Å². The molecule has 0 unspecified atom stereocenters. The molecule has 0 spiro atoms. The lowest BCUT2D eigenvalue weighted by molar-refractivity contribution is 0.0440. The molecular weight excluding hydrogens is 310 g/mol. The van der Waals surface area contributed by atoms with E-state index in [1.54, 1.807) is 0 Å². The van der Waals surface area contributed by atoms with Crippen LogP contribution in [0.25, 0.3) is 10.9 Å². The van der Waals surface area contributed by atoms with E-state index in [0.717, 1.165) is 23.4 Å². The van der Waals surface area contributed by atoms with Crippen LogP contribution in [0.1, 0.15) is 66.9 Å². The third-order valence-corrected chi connectivity index (χ3v) is 6.92. The first-order valence-electron chi connectivity index (χ1n) is 10.0. The van der Waals surface area contributed by atoms with Crippen LogP contribution in [0.5, 0.6) is 0 Å². The van der Waals surface area contributed by atoms with Crippen molar-refractivity contribution in [1.82, 2.24) is 15.1 Å². The predicted molar refractivity (Wildman–Crippen MR) is 98.9 cm³/mol. The Morgan fingerprint density at radius 1 is 1.16 bits per heavy atom. The molecule has 132 valence electrons. The second kappa shape index (κ2) is 6.24. The Balaban J connectivity index is 1.36. The fourth-order valence-electron chi connectivity index (χ4n) is 5.42. The number of piperidine rings is 3. The van der Waals surface area contributed by atoms with E-state index < -0.39 is 0 Å². The molecular formula is C21H27N3O. The molecule has 1 aromatic heterocycles. The number of nitrogens with zero attached hydrogens (tertiary/aromatic N) is 2. The summed E-state index contributed by atoms with van der Waals surface area (Å²) >= 11 is 0. The van der Waals surface area contributed by atoms with Gasteiger partial charge in [0.1, 0.15) is 5.69 Å². The molecule has 4 heteroatoms. The van der Waals surface area contributed by atoms with E-state index in [-0.39, 0.29) is 5.78 Å². The molecule has 1 aromatic carbocycles. The Kier molecular flexibility index (Phi) is 3.89. The van der Waals surface area contributed by atoms with E-state index in [4.69, 9.17) is 0 Å². The van der Waals surface area contributed by atoms with Gasteiger partial charge >= 0.3 is 0 Å². The first-order chi connectivity index (χ1) is 12.3. The summed E-state index contributed by atoms with van der Waals surface area (Å²) in [5.41, 5.74) is 3.09. The standard InChI is InChI=1S/C21H27N3O/c25-20(12-17-13-24-9-7-15(17)8-10-24)21-18-6-5-16(11-19(18)22-23-21)14-3-1-2-4-14/h5-6,11,14-15,17H,1-4,7-10,12-13H2,(H,22,23)/t17-/m0/s1. The molecule has 4 fully saturated rings. The van der Waals surface area contributed by atoms with E-state index in [1.165, 1.54) is 57.2 Å². The summed E-state index contributed by atoms with van der Waals surface area (Å²) in [6.45, 7) is 3.56. The highest BCUT2D eigenvalue weighted by Gasteiger charge is 2.35. The van der Waals surface area contributed by atoms with Crippen molar-refractivity contribution in [3.63, 3.8) is 0 Å². The van der Waals surface area contributed by atoms with Gasteiger partial charge in [0.15, 0.2) is 5.78 Å². The van der Waals surface area contributed by atoms with E-state index in [0.29, 0.717) is 24.0 Å². The minimum atomic E-state index is 0.221. The van der Waals surface area contributed by atoms with Gasteiger partial charge < -0.3 is 4.90 Å². The molecule has 6 rings (SSSR count). The zero-order valence-corrected chi connectivity index (χ0v) is 14.8. The predicted octanol–water partition coefficient (Wildman–Crippen LogP) is 4.14. The van der Waals surface area contributed by atoms with Gasteiger partial charge in [0.25, 0.3) is 0 Å². The van der Waals surface area contributed by atoms with Crippen LogP contribution in [-0.4, -0.2) is 40.5 Å². The third kappa shape index (κ3) is 2.80. The van der Waals surface area contributed by atoms with Crippen LogP contribution >= 0.6 is 0 Å². The highest BCUT2D eigenvalue weighted by molar-refractivity contribution is 6.06. The van der Waals surface area contributed by atoms with Crippen LogP contribution < -0.4 is 0 Å². The van der Waals surface area contributed by atoms with Crippen molar-refractivity contribution in [1.29, 1.82) is 0 Å². The molecule has 4 heterocycles. The number of ketones is 1. The number of Topliss-reactive ketones (excluding diaryl/α,β-unsaturated/α-hetero) is 1. The van der Waals surface area contributed by atoms with Crippen molar-refractivity contribution in [2.45, 2.75) is 50.9 Å². The number of hydrogen-bond acceptors (Lipinski definition) is 3. The maximum Gasteiger partial charge on any atom is 0.184 e. The van der Waals surface area contributed by atoms with Crippen molar-refractivity contribution in [2.24, 2.45) is 11.8 Å². The molecule has 3 aliphatic heterocycles. The third-order valence-electron chi connectivity index (χ3n) is 6.92. The molecule has 1 saturated carbocycles. The lowest BCUT2D eigenvalue weighted by atomic mass is 9.76. The minimum Gasteiger partial charge on any atom is -0.303 e. The van der Waals surface area contributed by atoms with Crippen LogP contribution in [0.4, 0.5) is 0 Å². The number of fused-ring (bicyclic) bond motifs is 4. The number of aromatic nitrogens is 2. The number of H-pyrrole nitrogens is 1. The topological polar surface area (TPSA) is 49.0 Å². The number of carbonyl (C=O) groups excluding carboxylic acids is 1. The van der Waals surface area contributed by atoms with Crippen LogP contribution in [-0.2, 0) is 0 Å². The van der Waals surface area contributed by atoms with Gasteiger partial charge in [0, 0.05) is 18.4 Å². The summed E-state index contributed by atoms with van der Waals surface area (Å²) in [5.74, 6) is 2.19. The Hall–Kier alpha value is -1.68. The highest BCUT2D eigenvalue weighted by atomic mass is 16.1. The summed E-state index contributed by atoms with van der Waals surface area (Å²) in [4.78, 5) is 15.4. The number of rotatable bonds is 4. The minimum absolute atomic E-state index is 0.221. The molecule has 1 atom stereocenters. The summed E-state index contributed by atoms with van der Waals surface area (Å²) in [6.07, 6.45) is 8.47. The maximum absolute atomic E-state index is 12.9. The van der Waals surface area contributed by atoms with Crippen molar-refractivity contribution in [3.05, 3.63) is 29.5 Å². The van der Waals surface area contributed by atoms with Gasteiger partial charge in [-0.2, -0.15) is 5.10 Å². The fourth-order valence-corrected chi connectivity index (χ4v) is 5.42. The SMILES string of the molecule is O=C(C[C@H]1CN2CCC1CC2)c1n[nH]c2cc(C3CCCC3)ccc12. The number of carbonyl (C=O) groups is 1. The average molecular weight is 337 g/mol. The van der Waals surface area contributed by atoms with E-state index in [2.05, 4.69) is 33.3 Å². The first-order valence-corrected chi connectivity index (χ1v) is 10.0. The number of hydrogen-bond donors (Lipinski definition) is 1. The molecule has 4 nitrogen and oxygen atoms in total. The zero-order chi connectivity index (χ0) is 16.8. The average Bonchev–Trinajstić information content (AvgIpc) is 3.32. The highest BCUT2D eigenvalue weighted by Crippen LogP contribution is 2.37.